The summed E-state index contributed by atoms with van der Waals surface area (Å²) in [4.78, 5) is 2.36. The minimum absolute atomic E-state index is 0.557. The van der Waals surface area contributed by atoms with E-state index in [2.05, 4.69) is 33.8 Å². The summed E-state index contributed by atoms with van der Waals surface area (Å²) in [6.45, 7) is 5.08. The summed E-state index contributed by atoms with van der Waals surface area (Å²) in [6, 6.07) is 7.93. The van der Waals surface area contributed by atoms with Crippen LogP contribution in [0.1, 0.15) is 18.9 Å². The third kappa shape index (κ3) is 2.68. The average molecular weight is 308 g/mol. The molecule has 0 spiro atoms. The van der Waals surface area contributed by atoms with E-state index in [0.717, 1.165) is 24.1 Å². The fraction of sp³-hybridized carbons (Fsp3) is 0.500. The van der Waals surface area contributed by atoms with Crippen LogP contribution < -0.4 is 10.6 Å². The van der Waals surface area contributed by atoms with Gasteiger partial charge in [-0.1, -0.05) is 6.92 Å². The van der Waals surface area contributed by atoms with Crippen molar-refractivity contribution in [2.24, 2.45) is 17.6 Å². The molecular weight excluding hydrogens is 290 g/mol. The Morgan fingerprint density at radius 2 is 2.33 bits per heavy atom. The summed E-state index contributed by atoms with van der Waals surface area (Å²) in [6.07, 6.45) is 1.17. The molecule has 0 bridgehead atoms. The van der Waals surface area contributed by atoms with Gasteiger partial charge in [-0.3, -0.25) is 0 Å². The average Bonchev–Trinajstić information content (AvgIpc) is 2.39. The summed E-state index contributed by atoms with van der Waals surface area (Å²) in [5.41, 5.74) is 7.69. The van der Waals surface area contributed by atoms with Gasteiger partial charge in [0.1, 0.15) is 0 Å². The number of benzene rings is 1. The van der Waals surface area contributed by atoms with Crippen LogP contribution in [0.4, 0.5) is 5.69 Å². The van der Waals surface area contributed by atoms with Crippen molar-refractivity contribution in [3.05, 3.63) is 28.2 Å². The second kappa shape index (κ2) is 5.73. The third-order valence-electron chi connectivity index (χ3n) is 3.83. The van der Waals surface area contributed by atoms with Crippen molar-refractivity contribution in [3.8, 4) is 6.07 Å². The van der Waals surface area contributed by atoms with Gasteiger partial charge in [-0.25, -0.2) is 0 Å². The lowest BCUT2D eigenvalue weighted by Crippen LogP contribution is -2.42. The zero-order chi connectivity index (χ0) is 13.1. The molecule has 1 saturated heterocycles. The van der Waals surface area contributed by atoms with Gasteiger partial charge in [0, 0.05) is 17.6 Å². The fourth-order valence-electron chi connectivity index (χ4n) is 2.51. The van der Waals surface area contributed by atoms with E-state index in [0.29, 0.717) is 17.4 Å². The predicted octanol–water partition coefficient (Wildman–Crippen LogP) is 2.74. The summed E-state index contributed by atoms with van der Waals surface area (Å²) in [5, 5.41) is 8.88. The van der Waals surface area contributed by atoms with E-state index >= 15 is 0 Å². The molecule has 96 valence electrons. The van der Waals surface area contributed by atoms with Crippen molar-refractivity contribution >= 4 is 21.6 Å². The molecular formula is C14H18BrN3. The lowest BCUT2D eigenvalue weighted by molar-refractivity contribution is 0.307. The third-order valence-corrected chi connectivity index (χ3v) is 4.47. The predicted molar refractivity (Wildman–Crippen MR) is 77.4 cm³/mol. The highest BCUT2D eigenvalue weighted by Crippen LogP contribution is 2.32. The second-order valence-corrected chi connectivity index (χ2v) is 5.84. The Labute approximate surface area is 117 Å². The molecule has 1 aliphatic rings. The smallest absolute Gasteiger partial charge is 0.0992 e. The Hall–Kier alpha value is -1.05. The normalized spacial score (nSPS) is 23.8. The molecule has 2 rings (SSSR count). The molecule has 2 N–H and O–H groups in total. The highest BCUT2D eigenvalue weighted by molar-refractivity contribution is 9.10. The van der Waals surface area contributed by atoms with Crippen molar-refractivity contribution in [2.45, 2.75) is 13.3 Å². The Morgan fingerprint density at radius 1 is 1.56 bits per heavy atom. The van der Waals surface area contributed by atoms with Crippen molar-refractivity contribution in [1.82, 2.24) is 0 Å². The van der Waals surface area contributed by atoms with E-state index in [1.807, 2.05) is 18.2 Å². The Balaban J connectivity index is 2.20. The van der Waals surface area contributed by atoms with Gasteiger partial charge in [0.05, 0.1) is 17.3 Å². The van der Waals surface area contributed by atoms with Crippen molar-refractivity contribution in [1.29, 1.82) is 5.26 Å². The minimum atomic E-state index is 0.557. The summed E-state index contributed by atoms with van der Waals surface area (Å²) < 4.78 is 0.992. The molecule has 0 amide bonds. The lowest BCUT2D eigenvalue weighted by atomic mass is 9.87. The van der Waals surface area contributed by atoms with Crippen molar-refractivity contribution in [3.63, 3.8) is 0 Å². The maximum atomic E-state index is 8.88. The van der Waals surface area contributed by atoms with Crippen molar-refractivity contribution in [2.75, 3.05) is 24.5 Å². The first kappa shape index (κ1) is 13.4. The SMILES string of the molecule is CC1CCN(c2ccc(C#N)cc2Br)CC1CN. The lowest BCUT2D eigenvalue weighted by Gasteiger charge is -2.38. The van der Waals surface area contributed by atoms with Gasteiger partial charge >= 0.3 is 0 Å². The molecule has 0 radical (unpaired) electrons. The number of nitrogens with zero attached hydrogens (tertiary/aromatic N) is 2. The zero-order valence-electron chi connectivity index (χ0n) is 10.6. The van der Waals surface area contributed by atoms with Crippen LogP contribution >= 0.6 is 15.9 Å². The number of hydrogen-bond donors (Lipinski definition) is 1. The van der Waals surface area contributed by atoms with Crippen LogP contribution in [0.15, 0.2) is 22.7 Å². The van der Waals surface area contributed by atoms with Crippen molar-refractivity contribution < 1.29 is 0 Å². The quantitative estimate of drug-likeness (QED) is 0.914. The van der Waals surface area contributed by atoms with Crippen LogP contribution in [0.25, 0.3) is 0 Å². The van der Waals surface area contributed by atoms with Crippen LogP contribution in [-0.2, 0) is 0 Å². The van der Waals surface area contributed by atoms with E-state index < -0.39 is 0 Å². The van der Waals surface area contributed by atoms with E-state index in [1.165, 1.54) is 12.1 Å². The zero-order valence-corrected chi connectivity index (χ0v) is 12.2. The Kier molecular flexibility index (Phi) is 4.26. The van der Waals surface area contributed by atoms with Gasteiger partial charge in [0.25, 0.3) is 0 Å². The molecule has 1 fully saturated rings. The molecule has 1 aliphatic heterocycles. The summed E-state index contributed by atoms with van der Waals surface area (Å²) in [5.74, 6) is 1.25. The van der Waals surface area contributed by atoms with Crippen LogP contribution in [-0.4, -0.2) is 19.6 Å². The monoisotopic (exact) mass is 307 g/mol. The molecule has 0 aromatic heterocycles. The molecule has 1 aromatic rings. The molecule has 0 aliphatic carbocycles. The van der Waals surface area contributed by atoms with E-state index in [-0.39, 0.29) is 0 Å². The molecule has 1 heterocycles. The topological polar surface area (TPSA) is 53.0 Å². The highest BCUT2D eigenvalue weighted by Gasteiger charge is 2.26. The van der Waals surface area contributed by atoms with Gasteiger partial charge in [0.2, 0.25) is 0 Å². The number of rotatable bonds is 2. The summed E-state index contributed by atoms with van der Waals surface area (Å²) >= 11 is 3.56. The standard InChI is InChI=1S/C14H18BrN3/c1-10-4-5-18(9-12(10)8-17)14-3-2-11(7-16)6-13(14)15/h2-3,6,10,12H,4-5,8-9,17H2,1H3. The Bertz CT molecular complexity index is 467. The van der Waals surface area contributed by atoms with Crippen LogP contribution in [0.2, 0.25) is 0 Å². The highest BCUT2D eigenvalue weighted by atomic mass is 79.9. The van der Waals surface area contributed by atoms with Gasteiger partial charge in [-0.05, 0) is 58.9 Å². The minimum Gasteiger partial charge on any atom is -0.370 e. The number of nitrogens with two attached hydrogens (primary N) is 1. The van der Waals surface area contributed by atoms with Gasteiger partial charge in [-0.2, -0.15) is 5.26 Å². The maximum Gasteiger partial charge on any atom is 0.0992 e. The number of hydrogen-bond acceptors (Lipinski definition) is 3. The first-order chi connectivity index (χ1) is 8.65. The first-order valence-electron chi connectivity index (χ1n) is 6.30. The molecule has 0 saturated carbocycles. The molecule has 4 heteroatoms. The van der Waals surface area contributed by atoms with E-state index in [1.54, 1.807) is 0 Å². The van der Waals surface area contributed by atoms with Crippen LogP contribution in [0.5, 0.6) is 0 Å². The van der Waals surface area contributed by atoms with Crippen LogP contribution in [0.3, 0.4) is 0 Å². The summed E-state index contributed by atoms with van der Waals surface area (Å²) in [7, 11) is 0. The largest absolute Gasteiger partial charge is 0.370 e. The molecule has 2 unspecified atom stereocenters. The van der Waals surface area contributed by atoms with Gasteiger partial charge < -0.3 is 10.6 Å². The van der Waals surface area contributed by atoms with Crippen LogP contribution in [0, 0.1) is 23.2 Å². The number of nitriles is 1. The molecule has 2 atom stereocenters. The van der Waals surface area contributed by atoms with E-state index in [4.69, 9.17) is 11.0 Å². The molecule has 3 nitrogen and oxygen atoms in total. The Morgan fingerprint density at radius 3 is 2.94 bits per heavy atom. The fourth-order valence-corrected chi connectivity index (χ4v) is 3.14. The first-order valence-corrected chi connectivity index (χ1v) is 7.09. The molecule has 1 aromatic carbocycles. The number of anilines is 1. The van der Waals surface area contributed by atoms with Gasteiger partial charge in [-0.15, -0.1) is 0 Å². The second-order valence-electron chi connectivity index (χ2n) is 4.99. The van der Waals surface area contributed by atoms with E-state index in [9.17, 15) is 0 Å². The van der Waals surface area contributed by atoms with Gasteiger partial charge in [0.15, 0.2) is 0 Å². The number of halogens is 1. The number of piperidine rings is 1. The molecule has 18 heavy (non-hydrogen) atoms. The maximum absolute atomic E-state index is 8.88.